The van der Waals surface area contributed by atoms with Crippen molar-refractivity contribution in [2.75, 3.05) is 19.5 Å². The Hall–Kier alpha value is -2.95. The Morgan fingerprint density at radius 2 is 1.84 bits per heavy atom. The van der Waals surface area contributed by atoms with E-state index in [1.165, 1.54) is 0 Å². The number of aromatic nitrogens is 1. The Labute approximate surface area is 146 Å². The van der Waals surface area contributed by atoms with Crippen LogP contribution in [0.5, 0.6) is 11.5 Å². The third kappa shape index (κ3) is 2.61. The molecule has 1 fully saturated rings. The van der Waals surface area contributed by atoms with Crippen LogP contribution in [0.15, 0.2) is 48.7 Å². The molecule has 1 aliphatic rings. The molecule has 1 aliphatic carbocycles. The van der Waals surface area contributed by atoms with Crippen molar-refractivity contribution >= 4 is 22.5 Å². The lowest BCUT2D eigenvalue weighted by Gasteiger charge is -2.15. The highest BCUT2D eigenvalue weighted by molar-refractivity contribution is 6.04. The van der Waals surface area contributed by atoms with Crippen molar-refractivity contribution in [2.45, 2.75) is 18.3 Å². The van der Waals surface area contributed by atoms with E-state index in [-0.39, 0.29) is 5.91 Å². The zero-order valence-corrected chi connectivity index (χ0v) is 14.3. The summed E-state index contributed by atoms with van der Waals surface area (Å²) in [7, 11) is 3.26. The molecule has 0 aliphatic heterocycles. The van der Waals surface area contributed by atoms with E-state index >= 15 is 0 Å². The molecule has 0 atom stereocenters. The highest BCUT2D eigenvalue weighted by atomic mass is 16.5. The van der Waals surface area contributed by atoms with E-state index in [1.807, 2.05) is 48.7 Å². The first-order valence-electron chi connectivity index (χ1n) is 8.27. The van der Waals surface area contributed by atoms with Crippen LogP contribution in [0.3, 0.4) is 0 Å². The maximum absolute atomic E-state index is 13.0. The van der Waals surface area contributed by atoms with Crippen molar-refractivity contribution in [1.29, 1.82) is 0 Å². The molecule has 0 radical (unpaired) electrons. The van der Waals surface area contributed by atoms with Crippen LogP contribution in [0.1, 0.15) is 18.4 Å². The van der Waals surface area contributed by atoms with Crippen molar-refractivity contribution in [2.24, 2.45) is 0 Å². The highest BCUT2D eigenvalue weighted by Crippen LogP contribution is 2.51. The molecular formula is C20H20N2O3. The maximum atomic E-state index is 13.0. The van der Waals surface area contributed by atoms with Crippen molar-refractivity contribution in [3.05, 3.63) is 54.2 Å². The van der Waals surface area contributed by atoms with Crippen LogP contribution in [0, 0.1) is 0 Å². The number of rotatable bonds is 5. The molecule has 5 nitrogen and oxygen atoms in total. The molecule has 3 aromatic rings. The quantitative estimate of drug-likeness (QED) is 0.744. The number of aromatic amines is 1. The molecule has 4 rings (SSSR count). The number of nitrogens with one attached hydrogen (secondary N) is 2. The van der Waals surface area contributed by atoms with Gasteiger partial charge >= 0.3 is 0 Å². The van der Waals surface area contributed by atoms with Gasteiger partial charge in [-0.2, -0.15) is 0 Å². The topological polar surface area (TPSA) is 63.3 Å². The number of carbonyl (C=O) groups is 1. The molecule has 1 amide bonds. The van der Waals surface area contributed by atoms with Gasteiger partial charge in [-0.25, -0.2) is 0 Å². The average molecular weight is 336 g/mol. The normalized spacial score (nSPS) is 15.0. The van der Waals surface area contributed by atoms with Gasteiger partial charge in [0.2, 0.25) is 5.91 Å². The van der Waals surface area contributed by atoms with E-state index in [9.17, 15) is 4.79 Å². The second-order valence-corrected chi connectivity index (χ2v) is 6.38. The number of fused-ring (bicyclic) bond motifs is 1. The van der Waals surface area contributed by atoms with E-state index < -0.39 is 5.41 Å². The molecule has 0 unspecified atom stereocenters. The Morgan fingerprint density at radius 1 is 1.08 bits per heavy atom. The summed E-state index contributed by atoms with van der Waals surface area (Å²) in [6.45, 7) is 0. The fourth-order valence-corrected chi connectivity index (χ4v) is 3.32. The summed E-state index contributed by atoms with van der Waals surface area (Å²) < 4.78 is 10.6. The summed E-state index contributed by atoms with van der Waals surface area (Å²) in [5.41, 5.74) is 2.30. The molecule has 0 saturated heterocycles. The van der Waals surface area contributed by atoms with Crippen molar-refractivity contribution in [1.82, 2.24) is 4.98 Å². The van der Waals surface area contributed by atoms with Gasteiger partial charge in [-0.15, -0.1) is 0 Å². The van der Waals surface area contributed by atoms with Gasteiger partial charge in [0.05, 0.1) is 19.6 Å². The molecule has 2 N–H and O–H groups in total. The fourth-order valence-electron chi connectivity index (χ4n) is 3.32. The smallest absolute Gasteiger partial charge is 0.235 e. The number of benzene rings is 2. The summed E-state index contributed by atoms with van der Waals surface area (Å²) >= 11 is 0. The van der Waals surface area contributed by atoms with Crippen LogP contribution < -0.4 is 14.8 Å². The van der Waals surface area contributed by atoms with Gasteiger partial charge in [0.1, 0.15) is 11.5 Å². The first-order chi connectivity index (χ1) is 12.2. The first kappa shape index (κ1) is 15.6. The second kappa shape index (κ2) is 5.84. The Kier molecular flexibility index (Phi) is 3.64. The molecule has 5 heteroatoms. The lowest BCUT2D eigenvalue weighted by molar-refractivity contribution is -0.118. The summed E-state index contributed by atoms with van der Waals surface area (Å²) in [4.78, 5) is 16.3. The molecule has 2 aromatic carbocycles. The van der Waals surface area contributed by atoms with E-state index in [1.54, 1.807) is 14.2 Å². The molecule has 0 bridgehead atoms. The van der Waals surface area contributed by atoms with Crippen LogP contribution >= 0.6 is 0 Å². The lowest BCUT2D eigenvalue weighted by atomic mass is 9.94. The minimum Gasteiger partial charge on any atom is -0.497 e. The van der Waals surface area contributed by atoms with Crippen molar-refractivity contribution in [3.8, 4) is 11.5 Å². The van der Waals surface area contributed by atoms with E-state index in [4.69, 9.17) is 9.47 Å². The number of amides is 1. The standard InChI is InChI=1S/C20H20N2O3/c1-24-14-5-3-4-13(10-14)22-19(23)20(8-9-20)17-12-21-18-7-6-15(25-2)11-16(17)18/h3-7,10-12,21H,8-9H2,1-2H3,(H,22,23). The van der Waals surface area contributed by atoms with Gasteiger partial charge in [-0.3, -0.25) is 4.79 Å². The van der Waals surface area contributed by atoms with Crippen LogP contribution in [-0.2, 0) is 10.2 Å². The van der Waals surface area contributed by atoms with E-state index in [2.05, 4.69) is 10.3 Å². The maximum Gasteiger partial charge on any atom is 0.235 e. The van der Waals surface area contributed by atoms with Gasteiger partial charge in [-0.1, -0.05) is 6.07 Å². The first-order valence-corrected chi connectivity index (χ1v) is 8.27. The van der Waals surface area contributed by atoms with Gasteiger partial charge < -0.3 is 19.8 Å². The SMILES string of the molecule is COc1cccc(NC(=O)C2(c3c[nH]c4ccc(OC)cc34)CC2)c1. The molecule has 1 aromatic heterocycles. The lowest BCUT2D eigenvalue weighted by Crippen LogP contribution is -2.27. The Bertz CT molecular complexity index is 941. The predicted molar refractivity (Wildman–Crippen MR) is 97.4 cm³/mol. The van der Waals surface area contributed by atoms with Crippen molar-refractivity contribution < 1.29 is 14.3 Å². The fraction of sp³-hybridized carbons (Fsp3) is 0.250. The Morgan fingerprint density at radius 3 is 2.56 bits per heavy atom. The number of hydrogen-bond acceptors (Lipinski definition) is 3. The summed E-state index contributed by atoms with van der Waals surface area (Å²) in [5.74, 6) is 1.53. The van der Waals surface area contributed by atoms with Gasteiger partial charge in [0.15, 0.2) is 0 Å². The minimum absolute atomic E-state index is 0.0180. The number of H-pyrrole nitrogens is 1. The number of methoxy groups -OCH3 is 2. The zero-order chi connectivity index (χ0) is 17.4. The molecular weight excluding hydrogens is 316 g/mol. The van der Waals surface area contributed by atoms with Gasteiger partial charge in [0, 0.05) is 28.9 Å². The number of carbonyl (C=O) groups excluding carboxylic acids is 1. The molecule has 1 saturated carbocycles. The largest absolute Gasteiger partial charge is 0.497 e. The molecule has 0 spiro atoms. The summed E-state index contributed by atoms with van der Waals surface area (Å²) in [6, 6.07) is 13.3. The average Bonchev–Trinajstić information content (AvgIpc) is 3.35. The third-order valence-electron chi connectivity index (χ3n) is 4.92. The number of hydrogen-bond donors (Lipinski definition) is 2. The number of ether oxygens (including phenoxy) is 2. The predicted octanol–water partition coefficient (Wildman–Crippen LogP) is 3.86. The van der Waals surface area contributed by atoms with Crippen LogP contribution in [0.4, 0.5) is 5.69 Å². The molecule has 25 heavy (non-hydrogen) atoms. The van der Waals surface area contributed by atoms with E-state index in [0.717, 1.165) is 46.5 Å². The van der Waals surface area contributed by atoms with Crippen LogP contribution in [-0.4, -0.2) is 25.1 Å². The monoisotopic (exact) mass is 336 g/mol. The van der Waals surface area contributed by atoms with Gasteiger partial charge in [-0.05, 0) is 48.7 Å². The summed E-state index contributed by atoms with van der Waals surface area (Å²) in [6.07, 6.45) is 3.63. The minimum atomic E-state index is -0.478. The van der Waals surface area contributed by atoms with E-state index in [0.29, 0.717) is 0 Å². The zero-order valence-electron chi connectivity index (χ0n) is 14.3. The Balaban J connectivity index is 1.66. The molecule has 128 valence electrons. The van der Waals surface area contributed by atoms with Crippen LogP contribution in [0.2, 0.25) is 0 Å². The number of anilines is 1. The third-order valence-corrected chi connectivity index (χ3v) is 4.92. The summed E-state index contributed by atoms with van der Waals surface area (Å²) in [5, 5.41) is 4.08. The molecule has 1 heterocycles. The van der Waals surface area contributed by atoms with Gasteiger partial charge in [0.25, 0.3) is 0 Å². The van der Waals surface area contributed by atoms with Crippen LogP contribution in [0.25, 0.3) is 10.9 Å². The highest BCUT2D eigenvalue weighted by Gasteiger charge is 2.52. The van der Waals surface area contributed by atoms with Crippen molar-refractivity contribution in [3.63, 3.8) is 0 Å². The second-order valence-electron chi connectivity index (χ2n) is 6.38.